The molecule has 8 nitrogen and oxygen atoms in total. The first kappa shape index (κ1) is 24.8. The number of nitrogens with zero attached hydrogens (tertiary/aromatic N) is 1. The Hall–Kier alpha value is -2.48. The molecule has 1 atom stereocenters. The van der Waals surface area contributed by atoms with Gasteiger partial charge < -0.3 is 24.3 Å². The van der Waals surface area contributed by atoms with Gasteiger partial charge in [0.2, 0.25) is 11.7 Å². The van der Waals surface area contributed by atoms with Crippen LogP contribution in [0.15, 0.2) is 12.1 Å². The third kappa shape index (κ3) is 6.75. The highest BCUT2D eigenvalue weighted by Gasteiger charge is 2.29. The fraction of sp³-hybridized carbons (Fsp3) is 0.652. The lowest BCUT2D eigenvalue weighted by Crippen LogP contribution is -2.47. The van der Waals surface area contributed by atoms with Gasteiger partial charge in [0.15, 0.2) is 11.5 Å². The van der Waals surface area contributed by atoms with Gasteiger partial charge in [0.1, 0.15) is 6.04 Å². The number of esters is 1. The maximum absolute atomic E-state index is 12.7. The van der Waals surface area contributed by atoms with Crippen LogP contribution in [0.2, 0.25) is 0 Å². The molecule has 1 fully saturated rings. The molecule has 1 aliphatic heterocycles. The molecule has 1 unspecified atom stereocenters. The van der Waals surface area contributed by atoms with E-state index >= 15 is 0 Å². The Labute approximate surface area is 185 Å². The number of ether oxygens (including phenoxy) is 4. The molecule has 1 saturated heterocycles. The van der Waals surface area contributed by atoms with Gasteiger partial charge >= 0.3 is 5.97 Å². The average molecular weight is 437 g/mol. The van der Waals surface area contributed by atoms with Gasteiger partial charge in [-0.1, -0.05) is 13.8 Å². The van der Waals surface area contributed by atoms with E-state index in [2.05, 4.69) is 10.2 Å². The number of rotatable bonds is 10. The molecular formula is C23H36N2O6. The summed E-state index contributed by atoms with van der Waals surface area (Å²) in [5.74, 6) is 1.56. The smallest absolute Gasteiger partial charge is 0.328 e. The number of benzene rings is 1. The fourth-order valence-corrected chi connectivity index (χ4v) is 3.96. The van der Waals surface area contributed by atoms with Crippen LogP contribution in [0.5, 0.6) is 17.2 Å². The second kappa shape index (κ2) is 11.8. The van der Waals surface area contributed by atoms with Crippen molar-refractivity contribution in [3.63, 3.8) is 0 Å². The first-order valence-corrected chi connectivity index (χ1v) is 10.7. The van der Waals surface area contributed by atoms with E-state index in [1.54, 1.807) is 21.3 Å². The van der Waals surface area contributed by atoms with Crippen molar-refractivity contribution in [1.82, 2.24) is 10.2 Å². The molecule has 1 amide bonds. The zero-order chi connectivity index (χ0) is 23.0. The van der Waals surface area contributed by atoms with Crippen LogP contribution in [0.3, 0.4) is 0 Å². The number of carbonyl (C=O) groups excluding carboxylic acids is 2. The van der Waals surface area contributed by atoms with Crippen LogP contribution in [0.1, 0.15) is 38.7 Å². The highest BCUT2D eigenvalue weighted by atomic mass is 16.5. The molecule has 8 heteroatoms. The summed E-state index contributed by atoms with van der Waals surface area (Å²) in [6, 6.07) is 3.31. The van der Waals surface area contributed by atoms with Crippen LogP contribution >= 0.6 is 0 Å². The van der Waals surface area contributed by atoms with E-state index in [0.29, 0.717) is 23.7 Å². The molecule has 31 heavy (non-hydrogen) atoms. The molecular weight excluding hydrogens is 400 g/mol. The quantitative estimate of drug-likeness (QED) is 0.564. The summed E-state index contributed by atoms with van der Waals surface area (Å²) < 4.78 is 21.1. The Morgan fingerprint density at radius 3 is 2.06 bits per heavy atom. The Kier molecular flexibility index (Phi) is 9.43. The molecule has 1 aliphatic rings. The van der Waals surface area contributed by atoms with Gasteiger partial charge in [0.05, 0.1) is 28.4 Å². The Balaban J connectivity index is 1.95. The van der Waals surface area contributed by atoms with Crippen molar-refractivity contribution in [2.75, 3.05) is 41.5 Å². The van der Waals surface area contributed by atoms with E-state index in [0.717, 1.165) is 38.0 Å². The second-order valence-corrected chi connectivity index (χ2v) is 8.30. The number of hydrogen-bond donors (Lipinski definition) is 1. The summed E-state index contributed by atoms with van der Waals surface area (Å²) in [6.07, 6.45) is 2.05. The van der Waals surface area contributed by atoms with Crippen molar-refractivity contribution in [2.24, 2.45) is 11.8 Å². The van der Waals surface area contributed by atoms with Crippen LogP contribution < -0.4 is 19.5 Å². The van der Waals surface area contributed by atoms with Gasteiger partial charge in [-0.15, -0.1) is 0 Å². The number of hydrogen-bond acceptors (Lipinski definition) is 7. The topological polar surface area (TPSA) is 86.3 Å². The molecule has 1 N–H and O–H groups in total. The van der Waals surface area contributed by atoms with E-state index in [-0.39, 0.29) is 23.7 Å². The summed E-state index contributed by atoms with van der Waals surface area (Å²) >= 11 is 0. The third-order valence-electron chi connectivity index (χ3n) is 5.60. The van der Waals surface area contributed by atoms with Gasteiger partial charge in [-0.25, -0.2) is 4.79 Å². The van der Waals surface area contributed by atoms with E-state index < -0.39 is 6.04 Å². The molecule has 0 aliphatic carbocycles. The van der Waals surface area contributed by atoms with E-state index in [9.17, 15) is 9.59 Å². The van der Waals surface area contributed by atoms with Gasteiger partial charge in [-0.2, -0.15) is 0 Å². The molecule has 0 spiro atoms. The molecule has 0 radical (unpaired) electrons. The number of nitrogens with one attached hydrogen (secondary N) is 1. The van der Waals surface area contributed by atoms with E-state index in [1.165, 1.54) is 7.11 Å². The lowest BCUT2D eigenvalue weighted by atomic mass is 9.94. The second-order valence-electron chi connectivity index (χ2n) is 8.30. The largest absolute Gasteiger partial charge is 0.493 e. The molecule has 1 aromatic rings. The molecule has 0 aromatic heterocycles. The highest BCUT2D eigenvalue weighted by Crippen LogP contribution is 2.38. The number of methoxy groups -OCH3 is 4. The summed E-state index contributed by atoms with van der Waals surface area (Å²) in [5.41, 5.74) is 1.06. The summed E-state index contributed by atoms with van der Waals surface area (Å²) in [4.78, 5) is 27.0. The normalized spacial score (nSPS) is 16.0. The zero-order valence-electron chi connectivity index (χ0n) is 19.5. The van der Waals surface area contributed by atoms with Gasteiger partial charge in [0.25, 0.3) is 0 Å². The Morgan fingerprint density at radius 2 is 1.61 bits per heavy atom. The SMILES string of the molecule is COC(=O)C(CC(C)C)NC(=O)C1CCN(Cc2cc(OC)c(OC)c(OC)c2)CC1. The summed E-state index contributed by atoms with van der Waals surface area (Å²) in [5, 5.41) is 2.90. The molecule has 1 aromatic carbocycles. The van der Waals surface area contributed by atoms with Crippen LogP contribution in [0.4, 0.5) is 0 Å². The van der Waals surface area contributed by atoms with Crippen LogP contribution in [0, 0.1) is 11.8 Å². The minimum atomic E-state index is -0.588. The summed E-state index contributed by atoms with van der Waals surface area (Å²) in [7, 11) is 6.14. The lowest BCUT2D eigenvalue weighted by Gasteiger charge is -2.32. The lowest BCUT2D eigenvalue weighted by molar-refractivity contribution is -0.146. The molecule has 0 saturated carbocycles. The molecule has 174 valence electrons. The van der Waals surface area contributed by atoms with Crippen molar-refractivity contribution in [3.05, 3.63) is 17.7 Å². The Morgan fingerprint density at radius 1 is 1.03 bits per heavy atom. The number of amides is 1. The van der Waals surface area contributed by atoms with Crippen molar-refractivity contribution >= 4 is 11.9 Å². The van der Waals surface area contributed by atoms with E-state index in [4.69, 9.17) is 18.9 Å². The molecule has 2 rings (SSSR count). The zero-order valence-corrected chi connectivity index (χ0v) is 19.5. The molecule has 1 heterocycles. The average Bonchev–Trinajstić information content (AvgIpc) is 2.77. The van der Waals surface area contributed by atoms with Gasteiger partial charge in [0, 0.05) is 12.5 Å². The summed E-state index contributed by atoms with van der Waals surface area (Å²) in [6.45, 7) is 6.35. The molecule has 0 bridgehead atoms. The minimum absolute atomic E-state index is 0.0662. The number of piperidine rings is 1. The number of carbonyl (C=O) groups is 2. The Bertz CT molecular complexity index is 719. The highest BCUT2D eigenvalue weighted by molar-refractivity contribution is 5.85. The maximum Gasteiger partial charge on any atom is 0.328 e. The first-order valence-electron chi connectivity index (χ1n) is 10.7. The standard InChI is InChI=1S/C23H36N2O6/c1-15(2)11-18(23(27)31-6)24-22(26)17-7-9-25(10-8-17)14-16-12-19(28-3)21(30-5)20(13-16)29-4/h12-13,15,17-18H,7-11,14H2,1-6H3,(H,24,26). The van der Waals surface area contributed by atoms with Crippen molar-refractivity contribution in [1.29, 1.82) is 0 Å². The minimum Gasteiger partial charge on any atom is -0.493 e. The number of likely N-dealkylation sites (tertiary alicyclic amines) is 1. The van der Waals surface area contributed by atoms with Gasteiger partial charge in [-0.3, -0.25) is 9.69 Å². The predicted octanol–water partition coefficient (Wildman–Crippen LogP) is 2.63. The van der Waals surface area contributed by atoms with Crippen LogP contribution in [0.25, 0.3) is 0 Å². The predicted molar refractivity (Wildman–Crippen MR) is 118 cm³/mol. The van der Waals surface area contributed by atoms with Crippen molar-refractivity contribution < 1.29 is 28.5 Å². The van der Waals surface area contributed by atoms with Crippen molar-refractivity contribution in [3.8, 4) is 17.2 Å². The monoisotopic (exact) mass is 436 g/mol. The fourth-order valence-electron chi connectivity index (χ4n) is 3.96. The van der Waals surface area contributed by atoms with E-state index in [1.807, 2.05) is 26.0 Å². The first-order chi connectivity index (χ1) is 14.8. The third-order valence-corrected chi connectivity index (χ3v) is 5.60. The maximum atomic E-state index is 12.7. The van der Waals surface area contributed by atoms with Crippen LogP contribution in [-0.4, -0.2) is 64.3 Å². The van der Waals surface area contributed by atoms with Gasteiger partial charge in [-0.05, 0) is 56.0 Å². The van der Waals surface area contributed by atoms with Crippen molar-refractivity contribution in [2.45, 2.75) is 45.7 Å². The van der Waals surface area contributed by atoms with Crippen LogP contribution in [-0.2, 0) is 20.9 Å².